The van der Waals surface area contributed by atoms with E-state index in [-0.39, 0.29) is 0 Å². The highest BCUT2D eigenvalue weighted by Crippen LogP contribution is 2.19. The van der Waals surface area contributed by atoms with Gasteiger partial charge in [0.2, 0.25) is 5.95 Å². The molecular formula is C15H20N4. The number of hydrogen-bond acceptors (Lipinski definition) is 4. The van der Waals surface area contributed by atoms with Gasteiger partial charge in [0, 0.05) is 24.0 Å². The van der Waals surface area contributed by atoms with Gasteiger partial charge in [-0.05, 0) is 38.0 Å². The van der Waals surface area contributed by atoms with Gasteiger partial charge in [-0.3, -0.25) is 0 Å². The Morgan fingerprint density at radius 2 is 2.05 bits per heavy atom. The first kappa shape index (κ1) is 13.3. The van der Waals surface area contributed by atoms with Gasteiger partial charge in [0.1, 0.15) is 5.82 Å². The van der Waals surface area contributed by atoms with Gasteiger partial charge in [0.15, 0.2) is 0 Å². The lowest BCUT2D eigenvalue weighted by Gasteiger charge is -2.11. The second-order valence-corrected chi connectivity index (χ2v) is 4.65. The van der Waals surface area contributed by atoms with E-state index in [0.29, 0.717) is 5.95 Å². The first-order valence-corrected chi connectivity index (χ1v) is 6.60. The van der Waals surface area contributed by atoms with Crippen LogP contribution in [0, 0.1) is 13.8 Å². The highest BCUT2D eigenvalue weighted by molar-refractivity contribution is 5.60. The molecule has 0 aliphatic carbocycles. The topological polar surface area (TPSA) is 49.8 Å². The smallest absolute Gasteiger partial charge is 0.224 e. The fourth-order valence-electron chi connectivity index (χ4n) is 1.75. The average molecular weight is 256 g/mol. The van der Waals surface area contributed by atoms with Crippen molar-refractivity contribution in [2.75, 3.05) is 17.2 Å². The third kappa shape index (κ3) is 3.68. The SMILES string of the molecule is CCCNc1ncc(C)c(Nc2cccc(C)c2)n1. The van der Waals surface area contributed by atoms with E-state index in [4.69, 9.17) is 0 Å². The lowest BCUT2D eigenvalue weighted by Crippen LogP contribution is -2.06. The number of rotatable bonds is 5. The fourth-order valence-corrected chi connectivity index (χ4v) is 1.75. The van der Waals surface area contributed by atoms with Gasteiger partial charge in [0.25, 0.3) is 0 Å². The van der Waals surface area contributed by atoms with Gasteiger partial charge in [-0.1, -0.05) is 19.1 Å². The largest absolute Gasteiger partial charge is 0.354 e. The van der Waals surface area contributed by atoms with Crippen molar-refractivity contribution in [1.82, 2.24) is 9.97 Å². The monoisotopic (exact) mass is 256 g/mol. The van der Waals surface area contributed by atoms with Crippen LogP contribution in [-0.2, 0) is 0 Å². The molecule has 0 spiro atoms. The number of nitrogens with one attached hydrogen (secondary N) is 2. The molecule has 0 aliphatic rings. The number of hydrogen-bond donors (Lipinski definition) is 2. The average Bonchev–Trinajstić information content (AvgIpc) is 2.40. The molecular weight excluding hydrogens is 236 g/mol. The van der Waals surface area contributed by atoms with Crippen LogP contribution < -0.4 is 10.6 Å². The number of aromatic nitrogens is 2. The second-order valence-electron chi connectivity index (χ2n) is 4.65. The molecule has 2 N–H and O–H groups in total. The molecule has 4 nitrogen and oxygen atoms in total. The highest BCUT2D eigenvalue weighted by atomic mass is 15.1. The lowest BCUT2D eigenvalue weighted by molar-refractivity contribution is 0.950. The Morgan fingerprint density at radius 1 is 1.21 bits per heavy atom. The van der Waals surface area contributed by atoms with Gasteiger partial charge in [-0.25, -0.2) is 4.98 Å². The first-order chi connectivity index (χ1) is 9.19. The van der Waals surface area contributed by atoms with E-state index in [1.54, 1.807) is 0 Å². The molecule has 0 amide bonds. The van der Waals surface area contributed by atoms with E-state index in [1.807, 2.05) is 25.3 Å². The van der Waals surface area contributed by atoms with E-state index >= 15 is 0 Å². The zero-order chi connectivity index (χ0) is 13.7. The minimum atomic E-state index is 0.669. The Kier molecular flexibility index (Phi) is 4.34. The molecule has 0 aliphatic heterocycles. The van der Waals surface area contributed by atoms with Crippen LogP contribution in [0.15, 0.2) is 30.5 Å². The van der Waals surface area contributed by atoms with Crippen LogP contribution in [-0.4, -0.2) is 16.5 Å². The van der Waals surface area contributed by atoms with Crippen molar-refractivity contribution >= 4 is 17.5 Å². The zero-order valence-electron chi connectivity index (χ0n) is 11.7. The molecule has 1 heterocycles. The maximum atomic E-state index is 4.50. The number of anilines is 3. The summed E-state index contributed by atoms with van der Waals surface area (Å²) in [7, 11) is 0. The molecule has 2 rings (SSSR count). The molecule has 4 heteroatoms. The summed E-state index contributed by atoms with van der Waals surface area (Å²) >= 11 is 0. The highest BCUT2D eigenvalue weighted by Gasteiger charge is 2.04. The molecule has 0 radical (unpaired) electrons. The molecule has 0 atom stereocenters. The Labute approximate surface area is 114 Å². The molecule has 19 heavy (non-hydrogen) atoms. The predicted molar refractivity (Wildman–Crippen MR) is 80.0 cm³/mol. The van der Waals surface area contributed by atoms with E-state index in [2.05, 4.69) is 46.6 Å². The number of benzene rings is 1. The van der Waals surface area contributed by atoms with Crippen molar-refractivity contribution in [2.45, 2.75) is 27.2 Å². The number of nitrogens with zero attached hydrogens (tertiary/aromatic N) is 2. The van der Waals surface area contributed by atoms with Crippen LogP contribution in [0.3, 0.4) is 0 Å². The second kappa shape index (κ2) is 6.18. The van der Waals surface area contributed by atoms with Gasteiger partial charge in [-0.15, -0.1) is 0 Å². The van der Waals surface area contributed by atoms with Crippen molar-refractivity contribution in [3.8, 4) is 0 Å². The van der Waals surface area contributed by atoms with Crippen LogP contribution in [0.1, 0.15) is 24.5 Å². The maximum Gasteiger partial charge on any atom is 0.224 e. The third-order valence-electron chi connectivity index (χ3n) is 2.79. The molecule has 0 saturated heterocycles. The summed E-state index contributed by atoms with van der Waals surface area (Å²) in [5.41, 5.74) is 3.30. The molecule has 0 saturated carbocycles. The quantitative estimate of drug-likeness (QED) is 0.857. The zero-order valence-corrected chi connectivity index (χ0v) is 11.7. The maximum absolute atomic E-state index is 4.50. The van der Waals surface area contributed by atoms with Crippen molar-refractivity contribution in [3.05, 3.63) is 41.6 Å². The summed E-state index contributed by atoms with van der Waals surface area (Å²) in [5.74, 6) is 1.52. The van der Waals surface area contributed by atoms with Crippen LogP contribution in [0.5, 0.6) is 0 Å². The first-order valence-electron chi connectivity index (χ1n) is 6.60. The molecule has 0 fully saturated rings. The standard InChI is InChI=1S/C15H20N4/c1-4-8-16-15-17-10-12(3)14(19-15)18-13-7-5-6-11(2)9-13/h5-7,9-10H,4,8H2,1-3H3,(H2,16,17,18,19). The molecule has 1 aromatic carbocycles. The molecule has 2 aromatic rings. The summed E-state index contributed by atoms with van der Waals surface area (Å²) in [4.78, 5) is 8.77. The van der Waals surface area contributed by atoms with Gasteiger partial charge in [-0.2, -0.15) is 4.98 Å². The predicted octanol–water partition coefficient (Wildman–Crippen LogP) is 3.66. The molecule has 1 aromatic heterocycles. The summed E-state index contributed by atoms with van der Waals surface area (Å²) in [6.07, 6.45) is 2.89. The Hall–Kier alpha value is -2.10. The van der Waals surface area contributed by atoms with Crippen molar-refractivity contribution in [2.24, 2.45) is 0 Å². The van der Waals surface area contributed by atoms with Gasteiger partial charge >= 0.3 is 0 Å². The minimum Gasteiger partial charge on any atom is -0.354 e. The minimum absolute atomic E-state index is 0.669. The Balaban J connectivity index is 2.19. The lowest BCUT2D eigenvalue weighted by atomic mass is 10.2. The normalized spacial score (nSPS) is 10.3. The van der Waals surface area contributed by atoms with Crippen molar-refractivity contribution in [3.63, 3.8) is 0 Å². The Morgan fingerprint density at radius 3 is 2.79 bits per heavy atom. The Bertz CT molecular complexity index is 552. The van der Waals surface area contributed by atoms with Crippen molar-refractivity contribution in [1.29, 1.82) is 0 Å². The summed E-state index contributed by atoms with van der Waals surface area (Å²) in [6.45, 7) is 7.08. The van der Waals surface area contributed by atoms with E-state index in [0.717, 1.165) is 30.0 Å². The number of aryl methyl sites for hydroxylation is 2. The third-order valence-corrected chi connectivity index (χ3v) is 2.79. The van der Waals surface area contributed by atoms with Gasteiger partial charge < -0.3 is 10.6 Å². The molecule has 0 bridgehead atoms. The van der Waals surface area contributed by atoms with Crippen LogP contribution in [0.2, 0.25) is 0 Å². The van der Waals surface area contributed by atoms with E-state index < -0.39 is 0 Å². The van der Waals surface area contributed by atoms with Crippen LogP contribution in [0.4, 0.5) is 17.5 Å². The van der Waals surface area contributed by atoms with Crippen LogP contribution >= 0.6 is 0 Å². The van der Waals surface area contributed by atoms with E-state index in [1.165, 1.54) is 5.56 Å². The molecule has 0 unspecified atom stereocenters. The van der Waals surface area contributed by atoms with Gasteiger partial charge in [0.05, 0.1) is 0 Å². The summed E-state index contributed by atoms with van der Waals surface area (Å²) < 4.78 is 0. The summed E-state index contributed by atoms with van der Waals surface area (Å²) in [6, 6.07) is 8.24. The van der Waals surface area contributed by atoms with Crippen molar-refractivity contribution < 1.29 is 0 Å². The summed E-state index contributed by atoms with van der Waals surface area (Å²) in [5, 5.41) is 6.54. The fraction of sp³-hybridized carbons (Fsp3) is 0.333. The van der Waals surface area contributed by atoms with Crippen LogP contribution in [0.25, 0.3) is 0 Å². The molecule has 100 valence electrons. The van der Waals surface area contributed by atoms with E-state index in [9.17, 15) is 0 Å².